The first kappa shape index (κ1) is 37.6. The molecule has 8 rings (SSSR count). The monoisotopic (exact) mass is 803 g/mol. The van der Waals surface area contributed by atoms with E-state index in [1.807, 2.05) is 62.4 Å². The van der Waals surface area contributed by atoms with Gasteiger partial charge in [0.25, 0.3) is 5.91 Å². The number of hydrogen-bond donors (Lipinski definition) is 3. The maximum Gasteiger partial charge on any atom is 0.434 e. The molecule has 7 aromatic rings. The number of benzene rings is 4. The summed E-state index contributed by atoms with van der Waals surface area (Å²) in [6, 6.07) is 32.2. The van der Waals surface area contributed by atoms with Gasteiger partial charge in [0.05, 0.1) is 11.1 Å². The first-order chi connectivity index (χ1) is 27.5. The van der Waals surface area contributed by atoms with E-state index in [0.717, 1.165) is 38.2 Å². The Labute approximate surface area is 333 Å². The highest BCUT2D eigenvalue weighted by Gasteiger charge is 2.34. The van der Waals surface area contributed by atoms with Crippen molar-refractivity contribution in [3.63, 3.8) is 0 Å². The average molecular weight is 804 g/mol. The van der Waals surface area contributed by atoms with E-state index in [9.17, 15) is 22.8 Å². The SMILES string of the molecule is CC(C)c1ccc2c(Nc3cc(C(=O)Nc4nc(C(F)(F)F)cs4)ccc3Sc3ccc(NC(=O)OCC4c5ccccc5-c5ccccc54)cc3)ncnc2n1. The van der Waals surface area contributed by atoms with Crippen molar-refractivity contribution in [1.29, 1.82) is 0 Å². The second kappa shape index (κ2) is 15.7. The predicted molar refractivity (Wildman–Crippen MR) is 215 cm³/mol. The predicted octanol–water partition coefficient (Wildman–Crippen LogP) is 11.1. The van der Waals surface area contributed by atoms with Crippen LogP contribution in [0.2, 0.25) is 0 Å². The summed E-state index contributed by atoms with van der Waals surface area (Å²) in [4.78, 5) is 44.7. The van der Waals surface area contributed by atoms with E-state index in [4.69, 9.17) is 4.74 Å². The zero-order valence-electron chi connectivity index (χ0n) is 30.3. The minimum Gasteiger partial charge on any atom is -0.448 e. The van der Waals surface area contributed by atoms with Gasteiger partial charge in [0.1, 0.15) is 18.8 Å². The Kier molecular flexibility index (Phi) is 10.3. The van der Waals surface area contributed by atoms with Crippen molar-refractivity contribution < 1.29 is 27.5 Å². The first-order valence-electron chi connectivity index (χ1n) is 17.8. The molecule has 0 unspecified atom stereocenters. The van der Waals surface area contributed by atoms with E-state index in [1.54, 1.807) is 30.3 Å². The van der Waals surface area contributed by atoms with Gasteiger partial charge in [-0.25, -0.2) is 24.7 Å². The summed E-state index contributed by atoms with van der Waals surface area (Å²) >= 11 is 2.07. The summed E-state index contributed by atoms with van der Waals surface area (Å²) in [6.07, 6.45) is -3.81. The Balaban J connectivity index is 0.996. The highest BCUT2D eigenvalue weighted by molar-refractivity contribution is 7.99. The topological polar surface area (TPSA) is 131 Å². The molecular formula is C42H32F3N7O3S2. The Morgan fingerprint density at radius 2 is 1.58 bits per heavy atom. The minimum absolute atomic E-state index is 0.0640. The lowest BCUT2D eigenvalue weighted by Gasteiger charge is -2.15. The van der Waals surface area contributed by atoms with Crippen LogP contribution in [0.25, 0.3) is 22.2 Å². The fourth-order valence-electron chi connectivity index (χ4n) is 6.48. The van der Waals surface area contributed by atoms with E-state index in [-0.39, 0.29) is 29.1 Å². The molecule has 0 aliphatic heterocycles. The molecule has 0 fully saturated rings. The van der Waals surface area contributed by atoms with Gasteiger partial charge in [-0.1, -0.05) is 74.1 Å². The molecule has 0 saturated carbocycles. The van der Waals surface area contributed by atoms with Crippen LogP contribution in [-0.2, 0) is 10.9 Å². The van der Waals surface area contributed by atoms with Gasteiger partial charge in [0.2, 0.25) is 0 Å². The van der Waals surface area contributed by atoms with Crippen molar-refractivity contribution in [2.45, 2.75) is 41.7 Å². The lowest BCUT2D eigenvalue weighted by molar-refractivity contribution is -0.140. The van der Waals surface area contributed by atoms with Gasteiger partial charge < -0.3 is 10.1 Å². The number of thiazole rings is 1. The van der Waals surface area contributed by atoms with Gasteiger partial charge >= 0.3 is 12.3 Å². The maximum absolute atomic E-state index is 13.3. The number of fused-ring (bicyclic) bond motifs is 4. The number of halogens is 3. The summed E-state index contributed by atoms with van der Waals surface area (Å²) in [5, 5.41) is 9.93. The van der Waals surface area contributed by atoms with Crippen molar-refractivity contribution in [1.82, 2.24) is 19.9 Å². The van der Waals surface area contributed by atoms with E-state index in [2.05, 4.69) is 60.2 Å². The van der Waals surface area contributed by atoms with Crippen molar-refractivity contribution in [3.8, 4) is 11.1 Å². The number of amides is 2. The van der Waals surface area contributed by atoms with Crippen molar-refractivity contribution in [2.75, 3.05) is 22.6 Å². The summed E-state index contributed by atoms with van der Waals surface area (Å²) in [7, 11) is 0. The van der Waals surface area contributed by atoms with Crippen LogP contribution in [-0.4, -0.2) is 38.5 Å². The highest BCUT2D eigenvalue weighted by Crippen LogP contribution is 2.45. The zero-order valence-corrected chi connectivity index (χ0v) is 31.9. The summed E-state index contributed by atoms with van der Waals surface area (Å²) in [5.41, 5.74) is 6.03. The standard InChI is InChI=1S/C42H32F3N7O3S2/c1-23(2)33-17-16-31-37(49-33)46-22-47-38(31)50-34-19-24(39(53)52-40-51-36(21-56-40)42(43,44)45)11-18-35(34)57-26-14-12-25(13-15-26)48-41(54)55-20-32-29-9-5-3-7-27(29)28-8-4-6-10-30(28)32/h3-19,21-23,32H,20H2,1-2H3,(H,48,54)(H,51,52,53)(H,46,47,49,50). The smallest absolute Gasteiger partial charge is 0.434 e. The minimum atomic E-state index is -4.63. The van der Waals surface area contributed by atoms with Crippen LogP contribution in [0.4, 0.5) is 40.3 Å². The number of ether oxygens (including phenoxy) is 1. The average Bonchev–Trinajstić information content (AvgIpc) is 3.81. The van der Waals surface area contributed by atoms with E-state index in [1.165, 1.54) is 18.1 Å². The lowest BCUT2D eigenvalue weighted by atomic mass is 9.98. The van der Waals surface area contributed by atoms with Crippen molar-refractivity contribution in [2.24, 2.45) is 0 Å². The summed E-state index contributed by atoms with van der Waals surface area (Å²) < 4.78 is 45.1. The fraction of sp³-hybridized carbons (Fsp3) is 0.143. The van der Waals surface area contributed by atoms with Gasteiger partial charge in [0, 0.05) is 38.0 Å². The second-order valence-electron chi connectivity index (χ2n) is 13.4. The van der Waals surface area contributed by atoms with Crippen molar-refractivity contribution >= 4 is 68.5 Å². The molecule has 2 amide bonds. The van der Waals surface area contributed by atoms with Crippen LogP contribution in [0.1, 0.15) is 58.6 Å². The van der Waals surface area contributed by atoms with Crippen LogP contribution >= 0.6 is 23.1 Å². The molecule has 0 spiro atoms. The third-order valence-electron chi connectivity index (χ3n) is 9.29. The quantitative estimate of drug-likeness (QED) is 0.124. The number of carbonyl (C=O) groups is 2. The normalized spacial score (nSPS) is 12.3. The van der Waals surface area contributed by atoms with E-state index >= 15 is 0 Å². The van der Waals surface area contributed by atoms with Crippen LogP contribution in [0.5, 0.6) is 0 Å². The molecule has 57 heavy (non-hydrogen) atoms. The van der Waals surface area contributed by atoms with E-state index < -0.39 is 23.9 Å². The molecular weight excluding hydrogens is 772 g/mol. The highest BCUT2D eigenvalue weighted by atomic mass is 32.2. The molecule has 0 atom stereocenters. The molecule has 0 radical (unpaired) electrons. The molecule has 4 aromatic carbocycles. The number of carbonyl (C=O) groups excluding carboxylic acids is 2. The molecule has 0 bridgehead atoms. The van der Waals surface area contributed by atoms with Crippen LogP contribution < -0.4 is 16.0 Å². The number of anilines is 4. The number of rotatable bonds is 10. The summed E-state index contributed by atoms with van der Waals surface area (Å²) in [5.74, 6) is -0.0767. The Morgan fingerprint density at radius 1 is 0.860 bits per heavy atom. The van der Waals surface area contributed by atoms with Gasteiger partial charge in [-0.05, 0) is 82.8 Å². The number of nitrogens with zero attached hydrogens (tertiary/aromatic N) is 4. The fourth-order valence-corrected chi connectivity index (χ4v) is 8.07. The molecule has 3 aromatic heterocycles. The van der Waals surface area contributed by atoms with E-state index in [0.29, 0.717) is 44.5 Å². The third kappa shape index (κ3) is 8.16. The number of aromatic nitrogens is 4. The van der Waals surface area contributed by atoms with Crippen LogP contribution in [0.3, 0.4) is 0 Å². The van der Waals surface area contributed by atoms with Crippen LogP contribution in [0, 0.1) is 0 Å². The second-order valence-corrected chi connectivity index (χ2v) is 15.4. The largest absolute Gasteiger partial charge is 0.448 e. The maximum atomic E-state index is 13.3. The number of hydrogen-bond acceptors (Lipinski definition) is 10. The molecule has 10 nitrogen and oxygen atoms in total. The lowest BCUT2D eigenvalue weighted by Crippen LogP contribution is -2.17. The van der Waals surface area contributed by atoms with Gasteiger partial charge in [0.15, 0.2) is 16.5 Å². The summed E-state index contributed by atoms with van der Waals surface area (Å²) in [6.45, 7) is 4.26. The number of alkyl halides is 3. The Bertz CT molecular complexity index is 2590. The van der Waals surface area contributed by atoms with Gasteiger partial charge in [-0.2, -0.15) is 13.2 Å². The molecule has 3 N–H and O–H groups in total. The van der Waals surface area contributed by atoms with Crippen LogP contribution in [0.15, 0.2) is 125 Å². The number of pyridine rings is 1. The molecule has 1 aliphatic carbocycles. The first-order valence-corrected chi connectivity index (χ1v) is 19.5. The number of nitrogens with one attached hydrogen (secondary N) is 3. The zero-order chi connectivity index (χ0) is 39.7. The molecule has 3 heterocycles. The van der Waals surface area contributed by atoms with Gasteiger partial charge in [-0.3, -0.25) is 15.4 Å². The third-order valence-corrected chi connectivity index (χ3v) is 11.1. The molecule has 0 saturated heterocycles. The molecule has 1 aliphatic rings. The van der Waals surface area contributed by atoms with Crippen molar-refractivity contribution in [3.05, 3.63) is 143 Å². The molecule has 15 heteroatoms. The Hall–Kier alpha value is -6.32. The Morgan fingerprint density at radius 3 is 2.26 bits per heavy atom. The molecule has 286 valence electrons. The van der Waals surface area contributed by atoms with Gasteiger partial charge in [-0.15, -0.1) is 11.3 Å².